The standard InChI is InChI=1S/C14H9N3O2S/c15-6-9-1-2-12-10(5-9)3-4-17(12)7-11-8-20-13(16-11)14(18)19/h1-5,8H,7H2,(H,18,19). The predicted octanol–water partition coefficient (Wildman–Crippen LogP) is 2.72. The number of thiazole rings is 1. The Hall–Kier alpha value is -2.65. The smallest absolute Gasteiger partial charge is 0.365 e. The van der Waals surface area contributed by atoms with Gasteiger partial charge in [-0.25, -0.2) is 9.78 Å². The van der Waals surface area contributed by atoms with Crippen molar-refractivity contribution in [3.05, 3.63) is 52.1 Å². The summed E-state index contributed by atoms with van der Waals surface area (Å²) in [5, 5.41) is 20.6. The van der Waals surface area contributed by atoms with Crippen LogP contribution in [0.25, 0.3) is 10.9 Å². The van der Waals surface area contributed by atoms with Gasteiger partial charge in [-0.1, -0.05) is 0 Å². The Morgan fingerprint density at radius 3 is 3.00 bits per heavy atom. The average Bonchev–Trinajstić information content (AvgIpc) is 3.06. The predicted molar refractivity (Wildman–Crippen MR) is 74.8 cm³/mol. The number of aromatic nitrogens is 2. The molecule has 2 aromatic heterocycles. The number of hydrogen-bond acceptors (Lipinski definition) is 4. The summed E-state index contributed by atoms with van der Waals surface area (Å²) < 4.78 is 1.98. The monoisotopic (exact) mass is 283 g/mol. The van der Waals surface area contributed by atoms with Crippen molar-refractivity contribution in [2.45, 2.75) is 6.54 Å². The first kappa shape index (κ1) is 12.4. The number of nitriles is 1. The third-order valence-corrected chi connectivity index (χ3v) is 3.85. The van der Waals surface area contributed by atoms with Crippen LogP contribution in [0.1, 0.15) is 21.1 Å². The molecule has 5 nitrogen and oxygen atoms in total. The molecule has 0 saturated heterocycles. The van der Waals surface area contributed by atoms with Gasteiger partial charge >= 0.3 is 5.97 Å². The summed E-state index contributed by atoms with van der Waals surface area (Å²) in [5.74, 6) is -1.00. The van der Waals surface area contributed by atoms with Gasteiger partial charge in [-0.05, 0) is 24.3 Å². The van der Waals surface area contributed by atoms with Crippen molar-refractivity contribution in [3.63, 3.8) is 0 Å². The number of carboxylic acids is 1. The van der Waals surface area contributed by atoms with Crippen LogP contribution < -0.4 is 0 Å². The Morgan fingerprint density at radius 1 is 1.45 bits per heavy atom. The van der Waals surface area contributed by atoms with Gasteiger partial charge in [0.05, 0.1) is 23.9 Å². The molecule has 0 spiro atoms. The molecule has 0 aliphatic carbocycles. The molecule has 0 aliphatic heterocycles. The maximum absolute atomic E-state index is 10.8. The van der Waals surface area contributed by atoms with Gasteiger partial charge < -0.3 is 9.67 Å². The van der Waals surface area contributed by atoms with Crippen LogP contribution in [0.3, 0.4) is 0 Å². The van der Waals surface area contributed by atoms with Crippen LogP contribution in [-0.2, 0) is 6.54 Å². The van der Waals surface area contributed by atoms with Crippen LogP contribution in [-0.4, -0.2) is 20.6 Å². The fourth-order valence-corrected chi connectivity index (χ4v) is 2.71. The maximum atomic E-state index is 10.8. The fourth-order valence-electron chi connectivity index (χ4n) is 2.06. The summed E-state index contributed by atoms with van der Waals surface area (Å²) >= 11 is 1.12. The molecule has 1 N–H and O–H groups in total. The molecular weight excluding hydrogens is 274 g/mol. The Labute approximate surface area is 118 Å². The lowest BCUT2D eigenvalue weighted by molar-refractivity contribution is 0.0696. The van der Waals surface area contributed by atoms with Crippen molar-refractivity contribution < 1.29 is 9.90 Å². The number of fused-ring (bicyclic) bond motifs is 1. The lowest BCUT2D eigenvalue weighted by atomic mass is 10.2. The molecule has 3 aromatic rings. The van der Waals surface area contributed by atoms with E-state index >= 15 is 0 Å². The minimum atomic E-state index is -1.00. The average molecular weight is 283 g/mol. The quantitative estimate of drug-likeness (QED) is 0.801. The van der Waals surface area contributed by atoms with Gasteiger partial charge in [0.25, 0.3) is 0 Å². The van der Waals surface area contributed by atoms with Crippen molar-refractivity contribution in [2.24, 2.45) is 0 Å². The second-order valence-electron chi connectivity index (χ2n) is 4.28. The third kappa shape index (κ3) is 2.15. The number of hydrogen-bond donors (Lipinski definition) is 1. The van der Waals surface area contributed by atoms with E-state index in [0.29, 0.717) is 17.8 Å². The molecule has 20 heavy (non-hydrogen) atoms. The maximum Gasteiger partial charge on any atom is 0.365 e. The summed E-state index contributed by atoms with van der Waals surface area (Å²) in [6.07, 6.45) is 1.91. The molecule has 0 aliphatic rings. The van der Waals surface area contributed by atoms with Gasteiger partial charge in [-0.3, -0.25) is 0 Å². The van der Waals surface area contributed by atoms with E-state index in [2.05, 4.69) is 11.1 Å². The number of carboxylic acid groups (broad SMARTS) is 1. The largest absolute Gasteiger partial charge is 0.476 e. The van der Waals surface area contributed by atoms with Crippen LogP contribution in [0.4, 0.5) is 0 Å². The van der Waals surface area contributed by atoms with Gasteiger partial charge in [0.15, 0.2) is 0 Å². The molecule has 0 saturated carbocycles. The van der Waals surface area contributed by atoms with Crippen molar-refractivity contribution in [3.8, 4) is 6.07 Å². The summed E-state index contributed by atoms with van der Waals surface area (Å²) in [6, 6.07) is 9.52. The van der Waals surface area contributed by atoms with Gasteiger partial charge in [0.2, 0.25) is 5.01 Å². The van der Waals surface area contributed by atoms with E-state index in [-0.39, 0.29) is 5.01 Å². The van der Waals surface area contributed by atoms with E-state index in [9.17, 15) is 4.79 Å². The van der Waals surface area contributed by atoms with E-state index in [1.54, 1.807) is 11.4 Å². The molecule has 0 fully saturated rings. The van der Waals surface area contributed by atoms with E-state index in [0.717, 1.165) is 22.2 Å². The number of carbonyl (C=O) groups is 1. The third-order valence-electron chi connectivity index (χ3n) is 2.97. The summed E-state index contributed by atoms with van der Waals surface area (Å²) in [5.41, 5.74) is 2.33. The molecule has 0 atom stereocenters. The SMILES string of the molecule is N#Cc1ccc2c(ccn2Cc2csc(C(=O)O)n2)c1. The first-order valence-corrected chi connectivity index (χ1v) is 6.72. The molecule has 6 heteroatoms. The second kappa shape index (κ2) is 4.79. The van der Waals surface area contributed by atoms with Gasteiger partial charge in [0, 0.05) is 22.5 Å². The molecule has 2 heterocycles. The van der Waals surface area contributed by atoms with Gasteiger partial charge in [-0.15, -0.1) is 11.3 Å². The molecule has 0 radical (unpaired) electrons. The highest BCUT2D eigenvalue weighted by Crippen LogP contribution is 2.19. The molecule has 3 rings (SSSR count). The van der Waals surface area contributed by atoms with Gasteiger partial charge in [-0.2, -0.15) is 5.26 Å². The topological polar surface area (TPSA) is 78.9 Å². The zero-order valence-electron chi connectivity index (χ0n) is 10.3. The highest BCUT2D eigenvalue weighted by atomic mass is 32.1. The van der Waals surface area contributed by atoms with E-state index < -0.39 is 5.97 Å². The number of rotatable bonds is 3. The summed E-state index contributed by atoms with van der Waals surface area (Å²) in [4.78, 5) is 14.9. The molecule has 98 valence electrons. The first-order chi connectivity index (χ1) is 9.67. The van der Waals surface area contributed by atoms with Crippen LogP contribution >= 0.6 is 11.3 Å². The highest BCUT2D eigenvalue weighted by Gasteiger charge is 2.10. The van der Waals surface area contributed by atoms with E-state index in [1.807, 2.05) is 29.0 Å². The van der Waals surface area contributed by atoms with Crippen LogP contribution in [0.5, 0.6) is 0 Å². The Kier molecular flexibility index (Phi) is 2.97. The minimum Gasteiger partial charge on any atom is -0.476 e. The summed E-state index contributed by atoms with van der Waals surface area (Å²) in [7, 11) is 0. The normalized spacial score (nSPS) is 10.6. The minimum absolute atomic E-state index is 0.100. The van der Waals surface area contributed by atoms with Crippen molar-refractivity contribution in [1.29, 1.82) is 5.26 Å². The van der Waals surface area contributed by atoms with E-state index in [4.69, 9.17) is 10.4 Å². The summed E-state index contributed by atoms with van der Waals surface area (Å²) in [6.45, 7) is 0.513. The zero-order valence-corrected chi connectivity index (χ0v) is 11.1. The van der Waals surface area contributed by atoms with Crippen LogP contribution in [0, 0.1) is 11.3 Å². The number of nitrogens with zero attached hydrogens (tertiary/aromatic N) is 3. The molecule has 0 bridgehead atoms. The Balaban J connectivity index is 1.94. The van der Waals surface area contributed by atoms with Crippen LogP contribution in [0.2, 0.25) is 0 Å². The molecule has 0 amide bonds. The first-order valence-electron chi connectivity index (χ1n) is 5.84. The van der Waals surface area contributed by atoms with Gasteiger partial charge in [0.1, 0.15) is 0 Å². The molecular formula is C14H9N3O2S. The number of benzene rings is 1. The molecule has 0 unspecified atom stereocenters. The van der Waals surface area contributed by atoms with Crippen molar-refractivity contribution >= 4 is 28.2 Å². The van der Waals surface area contributed by atoms with Crippen molar-refractivity contribution in [2.75, 3.05) is 0 Å². The second-order valence-corrected chi connectivity index (χ2v) is 5.14. The Bertz CT molecular complexity index is 842. The Morgan fingerprint density at radius 2 is 2.30 bits per heavy atom. The highest BCUT2D eigenvalue weighted by molar-refractivity contribution is 7.11. The zero-order chi connectivity index (χ0) is 14.1. The lowest BCUT2D eigenvalue weighted by Crippen LogP contribution is -2.00. The van der Waals surface area contributed by atoms with Crippen LogP contribution in [0.15, 0.2) is 35.8 Å². The lowest BCUT2D eigenvalue weighted by Gasteiger charge is -2.02. The fraction of sp³-hybridized carbons (Fsp3) is 0.0714. The molecule has 1 aromatic carbocycles. The van der Waals surface area contributed by atoms with Crippen molar-refractivity contribution in [1.82, 2.24) is 9.55 Å². The van der Waals surface area contributed by atoms with E-state index in [1.165, 1.54) is 0 Å². The number of aromatic carboxylic acids is 1.